The van der Waals surface area contributed by atoms with Gasteiger partial charge in [0.25, 0.3) is 5.56 Å². The smallest absolute Gasteiger partial charge is 0.262 e. The van der Waals surface area contributed by atoms with E-state index >= 15 is 0 Å². The Morgan fingerprint density at radius 2 is 2.15 bits per heavy atom. The number of carbonyl (C=O) groups is 1. The Labute approximate surface area is 162 Å². The van der Waals surface area contributed by atoms with E-state index in [2.05, 4.69) is 16.4 Å². The van der Waals surface area contributed by atoms with Gasteiger partial charge >= 0.3 is 0 Å². The van der Waals surface area contributed by atoms with E-state index < -0.39 is 5.54 Å². The van der Waals surface area contributed by atoms with Crippen molar-refractivity contribution in [1.82, 2.24) is 14.9 Å². The molecule has 1 atom stereocenters. The van der Waals surface area contributed by atoms with Gasteiger partial charge < -0.3 is 10.1 Å². The zero-order chi connectivity index (χ0) is 20.0. The van der Waals surface area contributed by atoms with Crippen molar-refractivity contribution in [3.63, 3.8) is 0 Å². The first-order chi connectivity index (χ1) is 12.8. The monoisotopic (exact) mass is 388 g/mol. The number of nitrogens with one attached hydrogen (secondary N) is 1. The summed E-state index contributed by atoms with van der Waals surface area (Å²) in [7, 11) is 1.56. The third-order valence-corrected chi connectivity index (χ3v) is 5.44. The molecular weight excluding hydrogens is 364 g/mol. The third kappa shape index (κ3) is 4.87. The van der Waals surface area contributed by atoms with Crippen molar-refractivity contribution in [2.45, 2.75) is 38.0 Å². The molecule has 144 valence electrons. The molecule has 0 bridgehead atoms. The van der Waals surface area contributed by atoms with E-state index in [1.54, 1.807) is 32.2 Å². The minimum atomic E-state index is -0.940. The molecule has 0 fully saturated rings. The maximum absolute atomic E-state index is 12.8. The fraction of sp³-hybridized carbons (Fsp3) is 0.474. The van der Waals surface area contributed by atoms with Gasteiger partial charge in [-0.15, -0.1) is 0 Å². The first-order valence-electron chi connectivity index (χ1n) is 8.66. The molecule has 0 radical (unpaired) electrons. The van der Waals surface area contributed by atoms with E-state index in [0.717, 1.165) is 0 Å². The van der Waals surface area contributed by atoms with Crippen LogP contribution in [0.1, 0.15) is 20.8 Å². The summed E-state index contributed by atoms with van der Waals surface area (Å²) in [5.74, 6) is -0.254. The number of ether oxygens (including phenoxy) is 1. The highest BCUT2D eigenvalue weighted by Gasteiger charge is 2.30. The number of hydrogen-bond acceptors (Lipinski definition) is 6. The summed E-state index contributed by atoms with van der Waals surface area (Å²) >= 11 is 1.17. The van der Waals surface area contributed by atoms with Gasteiger partial charge in [-0.3, -0.25) is 14.2 Å². The highest BCUT2D eigenvalue weighted by molar-refractivity contribution is 7.99. The lowest BCUT2D eigenvalue weighted by Gasteiger charge is -2.27. The number of rotatable bonds is 8. The molecule has 1 N–H and O–H groups in total. The molecule has 7 nitrogen and oxygen atoms in total. The number of para-hydroxylation sites is 1. The van der Waals surface area contributed by atoms with Crippen molar-refractivity contribution in [3.05, 3.63) is 34.6 Å². The summed E-state index contributed by atoms with van der Waals surface area (Å²) in [6, 6.07) is 9.26. The zero-order valence-corrected chi connectivity index (χ0v) is 16.8. The summed E-state index contributed by atoms with van der Waals surface area (Å²) in [6.45, 7) is 6.16. The van der Waals surface area contributed by atoms with Gasteiger partial charge in [-0.05, 0) is 25.0 Å². The second-order valence-corrected chi connectivity index (χ2v) is 7.61. The van der Waals surface area contributed by atoms with Crippen LogP contribution in [0.5, 0.6) is 0 Å². The maximum Gasteiger partial charge on any atom is 0.262 e. The van der Waals surface area contributed by atoms with Gasteiger partial charge in [0, 0.05) is 7.11 Å². The molecular formula is C19H24N4O3S. The van der Waals surface area contributed by atoms with E-state index in [4.69, 9.17) is 4.74 Å². The molecule has 0 aliphatic heterocycles. The van der Waals surface area contributed by atoms with Gasteiger partial charge in [-0.2, -0.15) is 5.26 Å². The van der Waals surface area contributed by atoms with Crippen LogP contribution in [0.15, 0.2) is 34.2 Å². The Balaban J connectivity index is 2.26. The van der Waals surface area contributed by atoms with Crippen molar-refractivity contribution < 1.29 is 9.53 Å². The van der Waals surface area contributed by atoms with Gasteiger partial charge in [0.2, 0.25) is 5.91 Å². The fourth-order valence-corrected chi connectivity index (χ4v) is 3.22. The summed E-state index contributed by atoms with van der Waals surface area (Å²) in [5, 5.41) is 13.1. The van der Waals surface area contributed by atoms with Crippen LogP contribution in [0, 0.1) is 17.2 Å². The van der Waals surface area contributed by atoms with E-state index in [1.807, 2.05) is 19.9 Å². The van der Waals surface area contributed by atoms with Crippen LogP contribution < -0.4 is 10.9 Å². The molecule has 1 unspecified atom stereocenters. The Bertz CT molecular complexity index is 919. The van der Waals surface area contributed by atoms with Crippen LogP contribution >= 0.6 is 11.8 Å². The van der Waals surface area contributed by atoms with E-state index in [-0.39, 0.29) is 23.1 Å². The van der Waals surface area contributed by atoms with Crippen LogP contribution in [0.2, 0.25) is 0 Å². The number of thioether (sulfide) groups is 1. The number of nitriles is 1. The van der Waals surface area contributed by atoms with Gasteiger partial charge in [0.15, 0.2) is 5.16 Å². The summed E-state index contributed by atoms with van der Waals surface area (Å²) < 4.78 is 6.61. The molecule has 1 amide bonds. The quantitative estimate of drug-likeness (QED) is 0.550. The lowest BCUT2D eigenvalue weighted by Crippen LogP contribution is -2.49. The van der Waals surface area contributed by atoms with Gasteiger partial charge in [-0.25, -0.2) is 4.98 Å². The molecule has 1 heterocycles. The van der Waals surface area contributed by atoms with E-state index in [1.165, 1.54) is 16.3 Å². The Morgan fingerprint density at radius 3 is 2.78 bits per heavy atom. The van der Waals surface area contributed by atoms with Crippen molar-refractivity contribution in [3.8, 4) is 6.07 Å². The van der Waals surface area contributed by atoms with Gasteiger partial charge in [0.1, 0.15) is 5.54 Å². The predicted octanol–water partition coefficient (Wildman–Crippen LogP) is 2.19. The number of fused-ring (bicyclic) bond motifs is 1. The van der Waals surface area contributed by atoms with Gasteiger partial charge in [0.05, 0.1) is 35.9 Å². The minimum Gasteiger partial charge on any atom is -0.383 e. The highest BCUT2D eigenvalue weighted by atomic mass is 32.2. The number of carbonyl (C=O) groups excluding carboxylic acids is 1. The largest absolute Gasteiger partial charge is 0.383 e. The number of methoxy groups -OCH3 is 1. The Hall–Kier alpha value is -2.37. The minimum absolute atomic E-state index is 0.0323. The number of aromatic nitrogens is 2. The van der Waals surface area contributed by atoms with Crippen molar-refractivity contribution in [2.24, 2.45) is 5.92 Å². The van der Waals surface area contributed by atoms with Crippen LogP contribution in [0.3, 0.4) is 0 Å². The van der Waals surface area contributed by atoms with E-state index in [9.17, 15) is 14.9 Å². The molecule has 0 saturated carbocycles. The van der Waals surface area contributed by atoms with Crippen molar-refractivity contribution >= 4 is 28.6 Å². The average molecular weight is 388 g/mol. The summed E-state index contributed by atoms with van der Waals surface area (Å²) in [4.78, 5) is 29.7. The van der Waals surface area contributed by atoms with E-state index in [0.29, 0.717) is 29.2 Å². The highest BCUT2D eigenvalue weighted by Crippen LogP contribution is 2.19. The molecule has 8 heteroatoms. The van der Waals surface area contributed by atoms with Gasteiger partial charge in [-0.1, -0.05) is 37.7 Å². The normalized spacial score (nSPS) is 13.3. The lowest BCUT2D eigenvalue weighted by molar-refractivity contribution is -0.120. The second-order valence-electron chi connectivity index (χ2n) is 6.67. The standard InChI is InChI=1S/C19H24N4O3S/c1-13(2)19(3,12-20)22-16(24)11-27-18-21-15-8-6-5-7-14(15)17(25)23(18)9-10-26-4/h5-8,13H,9-11H2,1-4H3,(H,22,24). The lowest BCUT2D eigenvalue weighted by atomic mass is 9.90. The van der Waals surface area contributed by atoms with Crippen molar-refractivity contribution in [1.29, 1.82) is 5.26 Å². The number of amides is 1. The third-order valence-electron chi connectivity index (χ3n) is 4.46. The second kappa shape index (κ2) is 9.02. The predicted molar refractivity (Wildman–Crippen MR) is 106 cm³/mol. The molecule has 1 aromatic heterocycles. The molecule has 1 aromatic carbocycles. The average Bonchev–Trinajstić information content (AvgIpc) is 2.65. The molecule has 0 saturated heterocycles. The number of benzene rings is 1. The van der Waals surface area contributed by atoms with Crippen LogP contribution in [-0.4, -0.2) is 40.5 Å². The zero-order valence-electron chi connectivity index (χ0n) is 16.0. The molecule has 0 aliphatic rings. The summed E-state index contributed by atoms with van der Waals surface area (Å²) in [6.07, 6.45) is 0. The maximum atomic E-state index is 12.8. The Kier molecular flexibility index (Phi) is 6.99. The first kappa shape index (κ1) is 20.9. The van der Waals surface area contributed by atoms with Crippen LogP contribution in [-0.2, 0) is 16.1 Å². The van der Waals surface area contributed by atoms with Crippen LogP contribution in [0.25, 0.3) is 10.9 Å². The molecule has 2 aromatic rings. The fourth-order valence-electron chi connectivity index (χ4n) is 2.39. The molecule has 0 aliphatic carbocycles. The molecule has 27 heavy (non-hydrogen) atoms. The first-order valence-corrected chi connectivity index (χ1v) is 9.64. The topological polar surface area (TPSA) is 97.0 Å². The number of hydrogen-bond donors (Lipinski definition) is 1. The summed E-state index contributed by atoms with van der Waals surface area (Å²) in [5.41, 5.74) is -0.516. The number of nitrogens with zero attached hydrogens (tertiary/aromatic N) is 3. The molecule has 0 spiro atoms. The molecule has 2 rings (SSSR count). The van der Waals surface area contributed by atoms with Crippen molar-refractivity contribution in [2.75, 3.05) is 19.5 Å². The van der Waals surface area contributed by atoms with Crippen LogP contribution in [0.4, 0.5) is 0 Å². The SMILES string of the molecule is COCCn1c(SCC(=O)NC(C)(C#N)C(C)C)nc2ccccc2c1=O. The Morgan fingerprint density at radius 1 is 1.44 bits per heavy atom.